The lowest BCUT2D eigenvalue weighted by molar-refractivity contribution is 0.432. The van der Waals surface area contributed by atoms with Crippen LogP contribution in [0.3, 0.4) is 0 Å². The molecule has 3 aromatic rings. The van der Waals surface area contributed by atoms with Gasteiger partial charge in [0, 0.05) is 23.0 Å². The minimum absolute atomic E-state index is 0.00967. The van der Waals surface area contributed by atoms with E-state index >= 15 is 0 Å². The summed E-state index contributed by atoms with van der Waals surface area (Å²) >= 11 is 0. The third-order valence-corrected chi connectivity index (χ3v) is 3.19. The summed E-state index contributed by atoms with van der Waals surface area (Å²) in [6.07, 6.45) is 1.35. The molecule has 0 spiro atoms. The number of nitrogens with zero attached hydrogens (tertiary/aromatic N) is 4. The zero-order valence-electron chi connectivity index (χ0n) is 12.5. The minimum atomic E-state index is -0.00967. The summed E-state index contributed by atoms with van der Waals surface area (Å²) < 4.78 is 5.32. The summed E-state index contributed by atoms with van der Waals surface area (Å²) in [6.45, 7) is 0. The Morgan fingerprint density at radius 2 is 1.75 bits per heavy atom. The Hall–Kier alpha value is -3.90. The van der Waals surface area contributed by atoms with Gasteiger partial charge in [-0.05, 0) is 18.2 Å². The zero-order chi connectivity index (χ0) is 16.8. The molecule has 0 amide bonds. The van der Waals surface area contributed by atoms with Crippen LogP contribution in [0.15, 0.2) is 70.9 Å². The summed E-state index contributed by atoms with van der Waals surface area (Å²) in [4.78, 5) is 4.39. The topological polar surface area (TPSA) is 98.5 Å². The molecule has 6 heteroatoms. The molecule has 0 aliphatic carbocycles. The molecule has 6 nitrogen and oxygen atoms in total. The number of benzene rings is 2. The maximum atomic E-state index is 8.73. The Labute approximate surface area is 138 Å². The largest absolute Gasteiger partial charge is 0.360 e. The molecule has 0 bridgehead atoms. The van der Waals surface area contributed by atoms with E-state index < -0.39 is 0 Å². The van der Waals surface area contributed by atoms with Gasteiger partial charge in [-0.25, -0.2) is 0 Å². The van der Waals surface area contributed by atoms with Gasteiger partial charge in [0.2, 0.25) is 5.82 Å². The summed E-state index contributed by atoms with van der Waals surface area (Å²) in [5, 5.41) is 24.4. The van der Waals surface area contributed by atoms with E-state index in [-0.39, 0.29) is 5.57 Å². The molecule has 0 aliphatic rings. The number of hydrogen-bond acceptors (Lipinski definition) is 6. The lowest BCUT2D eigenvalue weighted by atomic mass is 10.2. The number of anilines is 1. The Kier molecular flexibility index (Phi) is 4.32. The van der Waals surface area contributed by atoms with Crippen molar-refractivity contribution in [3.63, 3.8) is 0 Å². The van der Waals surface area contributed by atoms with Gasteiger partial charge in [-0.1, -0.05) is 41.6 Å². The third kappa shape index (κ3) is 3.29. The zero-order valence-corrected chi connectivity index (χ0v) is 12.5. The van der Waals surface area contributed by atoms with E-state index in [1.54, 1.807) is 24.3 Å². The SMILES string of the molecule is N#CC(C#N)=CNc1cccc(-c2nc(-c3ccccc3)no2)c1. The number of rotatable bonds is 4. The normalized spacial score (nSPS) is 9.58. The van der Waals surface area contributed by atoms with Crippen molar-refractivity contribution in [2.45, 2.75) is 0 Å². The second-order valence-corrected chi connectivity index (χ2v) is 4.80. The Bertz CT molecular complexity index is 945. The number of nitriles is 2. The van der Waals surface area contributed by atoms with Crippen molar-refractivity contribution in [1.29, 1.82) is 10.5 Å². The maximum absolute atomic E-state index is 8.73. The molecule has 0 aliphatic heterocycles. The minimum Gasteiger partial charge on any atom is -0.360 e. The van der Waals surface area contributed by atoms with Gasteiger partial charge in [0.25, 0.3) is 5.89 Å². The fourth-order valence-electron chi connectivity index (χ4n) is 2.03. The van der Waals surface area contributed by atoms with Crippen LogP contribution in [0.4, 0.5) is 5.69 Å². The molecule has 1 aromatic heterocycles. The van der Waals surface area contributed by atoms with Crippen molar-refractivity contribution in [2.75, 3.05) is 5.32 Å². The van der Waals surface area contributed by atoms with Crippen molar-refractivity contribution >= 4 is 5.69 Å². The second kappa shape index (κ2) is 6.91. The molecule has 114 valence electrons. The van der Waals surface area contributed by atoms with Gasteiger partial charge in [-0.15, -0.1) is 0 Å². The molecule has 24 heavy (non-hydrogen) atoms. The lowest BCUT2D eigenvalue weighted by Crippen LogP contribution is -1.90. The predicted molar refractivity (Wildman–Crippen MR) is 88.1 cm³/mol. The molecular formula is C18H11N5O. The number of nitrogens with one attached hydrogen (secondary N) is 1. The maximum Gasteiger partial charge on any atom is 0.258 e. The number of aromatic nitrogens is 2. The average Bonchev–Trinajstić information content (AvgIpc) is 3.14. The number of allylic oxidation sites excluding steroid dienone is 1. The third-order valence-electron chi connectivity index (χ3n) is 3.19. The monoisotopic (exact) mass is 313 g/mol. The molecule has 0 saturated heterocycles. The number of hydrogen-bond donors (Lipinski definition) is 1. The van der Waals surface area contributed by atoms with E-state index in [0.717, 1.165) is 11.1 Å². The van der Waals surface area contributed by atoms with E-state index in [2.05, 4.69) is 15.5 Å². The smallest absolute Gasteiger partial charge is 0.258 e. The van der Waals surface area contributed by atoms with Gasteiger partial charge in [0.1, 0.15) is 17.7 Å². The van der Waals surface area contributed by atoms with Crippen molar-refractivity contribution in [2.24, 2.45) is 0 Å². The molecule has 1 N–H and O–H groups in total. The summed E-state index contributed by atoms with van der Waals surface area (Å²) in [7, 11) is 0. The molecular weight excluding hydrogens is 302 g/mol. The highest BCUT2D eigenvalue weighted by Gasteiger charge is 2.10. The Balaban J connectivity index is 1.85. The highest BCUT2D eigenvalue weighted by Crippen LogP contribution is 2.24. The molecule has 3 rings (SSSR count). The molecule has 1 heterocycles. The van der Waals surface area contributed by atoms with Crippen LogP contribution in [0, 0.1) is 22.7 Å². The van der Waals surface area contributed by atoms with Crippen LogP contribution in [-0.2, 0) is 0 Å². The van der Waals surface area contributed by atoms with Gasteiger partial charge >= 0.3 is 0 Å². The fraction of sp³-hybridized carbons (Fsp3) is 0. The Morgan fingerprint density at radius 3 is 2.50 bits per heavy atom. The molecule has 2 aromatic carbocycles. The van der Waals surface area contributed by atoms with Crippen molar-refractivity contribution in [3.8, 4) is 35.0 Å². The van der Waals surface area contributed by atoms with E-state index in [1.165, 1.54) is 6.20 Å². The van der Waals surface area contributed by atoms with Crippen molar-refractivity contribution in [1.82, 2.24) is 10.1 Å². The van der Waals surface area contributed by atoms with Crippen LogP contribution in [0.25, 0.3) is 22.8 Å². The van der Waals surface area contributed by atoms with Gasteiger partial charge in [-0.2, -0.15) is 15.5 Å². The van der Waals surface area contributed by atoms with E-state index in [0.29, 0.717) is 17.4 Å². The van der Waals surface area contributed by atoms with Crippen molar-refractivity contribution in [3.05, 3.63) is 66.4 Å². The molecule has 0 saturated carbocycles. The van der Waals surface area contributed by atoms with E-state index in [9.17, 15) is 0 Å². The molecule has 0 unspecified atom stereocenters. The molecule has 0 fully saturated rings. The van der Waals surface area contributed by atoms with Crippen molar-refractivity contribution < 1.29 is 4.52 Å². The van der Waals surface area contributed by atoms with Gasteiger partial charge in [0.15, 0.2) is 0 Å². The van der Waals surface area contributed by atoms with E-state index in [4.69, 9.17) is 15.0 Å². The van der Waals surface area contributed by atoms with E-state index in [1.807, 2.05) is 42.5 Å². The first-order chi connectivity index (χ1) is 11.8. The van der Waals surface area contributed by atoms with Crippen LogP contribution in [-0.4, -0.2) is 10.1 Å². The highest BCUT2D eigenvalue weighted by atomic mass is 16.5. The average molecular weight is 313 g/mol. The lowest BCUT2D eigenvalue weighted by Gasteiger charge is -2.01. The summed E-state index contributed by atoms with van der Waals surface area (Å²) in [5.41, 5.74) is 2.30. The van der Waals surface area contributed by atoms with Crippen LogP contribution >= 0.6 is 0 Å². The summed E-state index contributed by atoms with van der Waals surface area (Å²) in [6, 6.07) is 20.4. The van der Waals surface area contributed by atoms with Crippen LogP contribution in [0.2, 0.25) is 0 Å². The van der Waals surface area contributed by atoms with Crippen LogP contribution in [0.1, 0.15) is 0 Å². The summed E-state index contributed by atoms with van der Waals surface area (Å²) in [5.74, 6) is 0.905. The van der Waals surface area contributed by atoms with Gasteiger partial charge in [-0.3, -0.25) is 0 Å². The fourth-order valence-corrected chi connectivity index (χ4v) is 2.03. The van der Waals surface area contributed by atoms with Crippen LogP contribution in [0.5, 0.6) is 0 Å². The Morgan fingerprint density at radius 1 is 1.00 bits per heavy atom. The first kappa shape index (κ1) is 15.0. The first-order valence-corrected chi connectivity index (χ1v) is 7.06. The first-order valence-electron chi connectivity index (χ1n) is 7.06. The van der Waals surface area contributed by atoms with Gasteiger partial charge < -0.3 is 9.84 Å². The standard InChI is InChI=1S/C18H11N5O/c19-10-13(11-20)12-21-16-8-4-7-15(9-16)18-22-17(23-24-18)14-5-2-1-3-6-14/h1-9,12,21H. The quantitative estimate of drug-likeness (QED) is 0.736. The van der Waals surface area contributed by atoms with Crippen LogP contribution < -0.4 is 5.32 Å². The predicted octanol–water partition coefficient (Wildman–Crippen LogP) is 3.75. The highest BCUT2D eigenvalue weighted by molar-refractivity contribution is 5.64. The molecule has 0 atom stereocenters. The van der Waals surface area contributed by atoms with Gasteiger partial charge in [0.05, 0.1) is 0 Å². The molecule has 0 radical (unpaired) electrons. The second-order valence-electron chi connectivity index (χ2n) is 4.80.